The van der Waals surface area contributed by atoms with Gasteiger partial charge in [0.25, 0.3) is 11.8 Å². The minimum Gasteiger partial charge on any atom is -0.422 e. The van der Waals surface area contributed by atoms with E-state index in [9.17, 15) is 19.4 Å². The normalized spacial score (nSPS) is 19.5. The van der Waals surface area contributed by atoms with Crippen molar-refractivity contribution in [1.82, 2.24) is 20.5 Å². The molecule has 9 nitrogen and oxygen atoms in total. The molecular weight excluding hydrogens is 453 g/mol. The van der Waals surface area contributed by atoms with Gasteiger partial charge in [-0.05, 0) is 48.0 Å². The van der Waals surface area contributed by atoms with Crippen molar-refractivity contribution in [2.24, 2.45) is 0 Å². The van der Waals surface area contributed by atoms with Crippen LogP contribution in [0.1, 0.15) is 12.0 Å². The summed E-state index contributed by atoms with van der Waals surface area (Å²) in [6, 6.07) is 11.1. The molecule has 1 amide bonds. The van der Waals surface area contributed by atoms with E-state index in [1.54, 1.807) is 18.2 Å². The summed E-state index contributed by atoms with van der Waals surface area (Å²) in [7, 11) is 0. The van der Waals surface area contributed by atoms with Gasteiger partial charge in [0.15, 0.2) is 5.60 Å². The lowest BCUT2D eigenvalue weighted by atomic mass is 10.00. The molecule has 1 aliphatic heterocycles. The Labute approximate surface area is 191 Å². The number of aromatic amines is 1. The highest BCUT2D eigenvalue weighted by Crippen LogP contribution is 2.33. The number of nitrogens with one attached hydrogen (secondary N) is 2. The van der Waals surface area contributed by atoms with E-state index in [1.165, 1.54) is 29.5 Å². The average Bonchev–Trinajstić information content (AvgIpc) is 3.51. The fraction of sp³-hybridized carbons (Fsp3) is 0.227. The maximum atomic E-state index is 13.5. The second-order valence-corrected chi connectivity index (χ2v) is 8.33. The van der Waals surface area contributed by atoms with Gasteiger partial charge < -0.3 is 24.5 Å². The van der Waals surface area contributed by atoms with Gasteiger partial charge in [-0.3, -0.25) is 10.1 Å². The molecule has 2 aromatic heterocycles. The number of carbonyl (C=O) groups excluding carboxylic acids is 1. The summed E-state index contributed by atoms with van der Waals surface area (Å²) in [6.45, 7) is 0.230. The third-order valence-corrected chi connectivity index (χ3v) is 5.93. The molecule has 1 aliphatic rings. The topological polar surface area (TPSA) is 128 Å². The van der Waals surface area contributed by atoms with Gasteiger partial charge in [0.1, 0.15) is 17.7 Å². The van der Waals surface area contributed by atoms with Crippen molar-refractivity contribution < 1.29 is 23.8 Å². The molecule has 1 unspecified atom stereocenters. The molecule has 0 radical (unpaired) electrons. The summed E-state index contributed by atoms with van der Waals surface area (Å²) in [6.07, 6.45) is -0.308. The Morgan fingerprint density at radius 2 is 2.15 bits per heavy atom. The zero-order valence-electron chi connectivity index (χ0n) is 17.1. The zero-order valence-corrected chi connectivity index (χ0v) is 17.9. The quantitative estimate of drug-likeness (QED) is 0.318. The third kappa shape index (κ3) is 3.98. The Morgan fingerprint density at radius 3 is 2.91 bits per heavy atom. The highest BCUT2D eigenvalue weighted by molar-refractivity contribution is 6.30. The fourth-order valence-corrected chi connectivity index (χ4v) is 4.26. The van der Waals surface area contributed by atoms with Crippen molar-refractivity contribution in [3.8, 4) is 11.6 Å². The predicted molar refractivity (Wildman–Crippen MR) is 118 cm³/mol. The molecule has 2 aromatic carbocycles. The van der Waals surface area contributed by atoms with Crippen molar-refractivity contribution in [3.63, 3.8) is 0 Å². The summed E-state index contributed by atoms with van der Waals surface area (Å²) in [5.74, 6) is -0.807. The summed E-state index contributed by atoms with van der Waals surface area (Å²) < 4.78 is 18.7. The van der Waals surface area contributed by atoms with Crippen LogP contribution in [-0.2, 0) is 11.3 Å². The van der Waals surface area contributed by atoms with Crippen molar-refractivity contribution in [3.05, 3.63) is 65.3 Å². The minimum atomic E-state index is -2.03. The Balaban J connectivity index is 1.32. The summed E-state index contributed by atoms with van der Waals surface area (Å²) in [5, 5.41) is 32.8. The number of aromatic nitrogens is 3. The number of rotatable bonds is 6. The minimum absolute atomic E-state index is 0.0159. The van der Waals surface area contributed by atoms with Crippen LogP contribution in [0.2, 0.25) is 5.02 Å². The number of carbonyl (C=O) groups is 1. The van der Waals surface area contributed by atoms with Gasteiger partial charge in [-0.15, -0.1) is 10.2 Å². The van der Waals surface area contributed by atoms with E-state index >= 15 is 0 Å². The Morgan fingerprint density at radius 1 is 1.30 bits per heavy atom. The van der Waals surface area contributed by atoms with Crippen LogP contribution in [0.15, 0.2) is 53.3 Å². The van der Waals surface area contributed by atoms with E-state index in [4.69, 9.17) is 16.0 Å². The second-order valence-electron chi connectivity index (χ2n) is 7.89. The number of hydrogen-bond donors (Lipinski definition) is 4. The van der Waals surface area contributed by atoms with E-state index < -0.39 is 23.6 Å². The average molecular weight is 472 g/mol. The maximum Gasteiger partial charge on any atom is 0.263 e. The first-order valence-corrected chi connectivity index (χ1v) is 10.5. The number of nitrogens with zero attached hydrogens (tertiary/aromatic N) is 3. The molecule has 2 atom stereocenters. The van der Waals surface area contributed by atoms with Gasteiger partial charge in [-0.1, -0.05) is 11.6 Å². The van der Waals surface area contributed by atoms with Gasteiger partial charge in [0.05, 0.1) is 0 Å². The van der Waals surface area contributed by atoms with Gasteiger partial charge in [0, 0.05) is 41.1 Å². The summed E-state index contributed by atoms with van der Waals surface area (Å²) >= 11 is 5.85. The number of fused-ring (bicyclic) bond motifs is 1. The van der Waals surface area contributed by atoms with Crippen LogP contribution < -0.4 is 10.2 Å². The van der Waals surface area contributed by atoms with E-state index in [2.05, 4.69) is 20.5 Å². The van der Waals surface area contributed by atoms with Gasteiger partial charge in [0.2, 0.25) is 6.39 Å². The lowest BCUT2D eigenvalue weighted by Crippen LogP contribution is -2.55. The van der Waals surface area contributed by atoms with Gasteiger partial charge >= 0.3 is 0 Å². The standard InChI is InChI=1S/C22H19ClFN5O4/c23-14-5-12(6-15(24)9-14)10-25-20(30)22(32)3-4-29(21(22)31)16-1-2-17-13(7-16)8-18(27-17)19-28-26-11-33-19/h1-2,5-9,11,20,25,27,30,32H,3-4,10H2/t20?,22-/m0/s1. The molecule has 0 aliphatic carbocycles. The number of H-pyrrole nitrogens is 1. The molecule has 1 saturated heterocycles. The molecule has 170 valence electrons. The Kier molecular flexibility index (Phi) is 5.37. The molecule has 4 N–H and O–H groups in total. The number of aliphatic hydroxyl groups excluding tert-OH is 1. The highest BCUT2D eigenvalue weighted by Gasteiger charge is 2.51. The van der Waals surface area contributed by atoms with E-state index in [-0.39, 0.29) is 24.5 Å². The van der Waals surface area contributed by atoms with Crippen LogP contribution in [0.5, 0.6) is 0 Å². The van der Waals surface area contributed by atoms with E-state index in [1.807, 2.05) is 6.07 Å². The number of halogens is 2. The Bertz CT molecular complexity index is 1310. The molecule has 0 spiro atoms. The number of hydrogen-bond acceptors (Lipinski definition) is 7. The van der Waals surface area contributed by atoms with Crippen LogP contribution in [0.25, 0.3) is 22.5 Å². The van der Waals surface area contributed by atoms with Crippen LogP contribution in [0.3, 0.4) is 0 Å². The first-order chi connectivity index (χ1) is 15.8. The molecule has 1 fully saturated rings. The smallest absolute Gasteiger partial charge is 0.263 e. The number of benzene rings is 2. The zero-order chi connectivity index (χ0) is 23.2. The predicted octanol–water partition coefficient (Wildman–Crippen LogP) is 2.59. The lowest BCUT2D eigenvalue weighted by molar-refractivity contribution is -0.148. The largest absolute Gasteiger partial charge is 0.422 e. The highest BCUT2D eigenvalue weighted by atomic mass is 35.5. The molecule has 11 heteroatoms. The first kappa shape index (κ1) is 21.5. The second kappa shape index (κ2) is 8.23. The van der Waals surface area contributed by atoms with Crippen molar-refractivity contribution in [1.29, 1.82) is 0 Å². The number of aliphatic hydroxyl groups is 2. The van der Waals surface area contributed by atoms with Crippen LogP contribution >= 0.6 is 11.6 Å². The monoisotopic (exact) mass is 471 g/mol. The van der Waals surface area contributed by atoms with Crippen molar-refractivity contribution in [2.75, 3.05) is 11.4 Å². The molecule has 0 bridgehead atoms. The molecular formula is C22H19ClFN5O4. The molecule has 0 saturated carbocycles. The lowest BCUT2D eigenvalue weighted by Gasteiger charge is -2.28. The van der Waals surface area contributed by atoms with E-state index in [0.29, 0.717) is 22.8 Å². The molecule has 3 heterocycles. The van der Waals surface area contributed by atoms with Crippen LogP contribution in [-0.4, -0.2) is 49.7 Å². The molecule has 5 rings (SSSR count). The number of anilines is 1. The molecule has 33 heavy (non-hydrogen) atoms. The van der Waals surface area contributed by atoms with Gasteiger partial charge in [-0.25, -0.2) is 4.39 Å². The number of amides is 1. The van der Waals surface area contributed by atoms with Gasteiger partial charge in [-0.2, -0.15) is 0 Å². The van der Waals surface area contributed by atoms with E-state index in [0.717, 1.165) is 10.9 Å². The van der Waals surface area contributed by atoms with Crippen LogP contribution in [0, 0.1) is 5.82 Å². The van der Waals surface area contributed by atoms with Crippen molar-refractivity contribution >= 4 is 34.1 Å². The molecule has 4 aromatic rings. The summed E-state index contributed by atoms with van der Waals surface area (Å²) in [4.78, 5) is 17.7. The van der Waals surface area contributed by atoms with Crippen LogP contribution in [0.4, 0.5) is 10.1 Å². The summed E-state index contributed by atoms with van der Waals surface area (Å²) in [5.41, 5.74) is 0.466. The Hall–Kier alpha value is -3.31. The third-order valence-electron chi connectivity index (χ3n) is 5.71. The first-order valence-electron chi connectivity index (χ1n) is 10.1. The SMILES string of the molecule is O=C1N(c2ccc3[nH]c(-c4nnco4)cc3c2)CC[C@]1(O)C(O)NCc1cc(F)cc(Cl)c1. The fourth-order valence-electron chi connectivity index (χ4n) is 4.01. The van der Waals surface area contributed by atoms with Crippen molar-refractivity contribution in [2.45, 2.75) is 24.8 Å². The maximum absolute atomic E-state index is 13.5.